The molecule has 3 heteroatoms. The molecule has 0 amide bonds. The van der Waals surface area contributed by atoms with E-state index in [2.05, 4.69) is 0 Å². The third-order valence-corrected chi connectivity index (χ3v) is 2.36. The number of carbonyl (C=O) groups excluding carboxylic acids is 1. The fourth-order valence-corrected chi connectivity index (χ4v) is 1.63. The highest BCUT2D eigenvalue weighted by Gasteiger charge is 2.09. The number of rotatable bonds is 3. The van der Waals surface area contributed by atoms with Gasteiger partial charge in [-0.15, -0.1) is 0 Å². The van der Waals surface area contributed by atoms with E-state index in [1.54, 1.807) is 6.07 Å². The molecule has 0 bridgehead atoms. The summed E-state index contributed by atoms with van der Waals surface area (Å²) < 4.78 is 5.02. The summed E-state index contributed by atoms with van der Waals surface area (Å²) in [5, 5.41) is 1.94. The van der Waals surface area contributed by atoms with Gasteiger partial charge in [-0.25, -0.2) is 4.79 Å². The molecule has 0 aliphatic rings. The first-order valence-corrected chi connectivity index (χ1v) is 5.18. The minimum absolute atomic E-state index is 0.252. The Morgan fingerprint density at radius 3 is 2.69 bits per heavy atom. The van der Waals surface area contributed by atoms with Crippen LogP contribution in [0.25, 0.3) is 10.8 Å². The SMILES string of the molecule is NCCOC(=O)c1cccc2ccccc12. The molecule has 0 saturated heterocycles. The Balaban J connectivity index is 2.40. The summed E-state index contributed by atoms with van der Waals surface area (Å²) in [6.07, 6.45) is 0. The van der Waals surface area contributed by atoms with Crippen molar-refractivity contribution < 1.29 is 9.53 Å². The number of ether oxygens (including phenoxy) is 1. The number of nitrogens with two attached hydrogens (primary N) is 1. The van der Waals surface area contributed by atoms with Crippen molar-refractivity contribution in [1.29, 1.82) is 0 Å². The van der Waals surface area contributed by atoms with Crippen molar-refractivity contribution in [3.8, 4) is 0 Å². The molecule has 0 fully saturated rings. The van der Waals surface area contributed by atoms with Crippen molar-refractivity contribution in [2.45, 2.75) is 0 Å². The van der Waals surface area contributed by atoms with Gasteiger partial charge in [-0.3, -0.25) is 0 Å². The molecule has 0 aliphatic carbocycles. The van der Waals surface area contributed by atoms with Crippen molar-refractivity contribution >= 4 is 16.7 Å². The van der Waals surface area contributed by atoms with Gasteiger partial charge in [-0.05, 0) is 16.8 Å². The molecule has 0 atom stereocenters. The van der Waals surface area contributed by atoms with E-state index in [0.29, 0.717) is 12.1 Å². The van der Waals surface area contributed by atoms with Gasteiger partial charge in [-0.1, -0.05) is 36.4 Å². The van der Waals surface area contributed by atoms with E-state index >= 15 is 0 Å². The van der Waals surface area contributed by atoms with Crippen LogP contribution in [0.15, 0.2) is 42.5 Å². The van der Waals surface area contributed by atoms with E-state index in [1.165, 1.54) is 0 Å². The number of carbonyl (C=O) groups is 1. The molecule has 2 aromatic rings. The summed E-state index contributed by atoms with van der Waals surface area (Å²) in [5.74, 6) is -0.317. The molecule has 0 unspecified atom stereocenters. The maximum Gasteiger partial charge on any atom is 0.338 e. The van der Waals surface area contributed by atoms with Crippen LogP contribution in [-0.2, 0) is 4.74 Å². The van der Waals surface area contributed by atoms with Crippen molar-refractivity contribution in [3.63, 3.8) is 0 Å². The van der Waals surface area contributed by atoms with Crippen LogP contribution >= 0.6 is 0 Å². The van der Waals surface area contributed by atoms with Crippen LogP contribution in [0, 0.1) is 0 Å². The van der Waals surface area contributed by atoms with Gasteiger partial charge in [0.15, 0.2) is 0 Å². The standard InChI is InChI=1S/C13H13NO2/c14-8-9-16-13(15)12-7-3-5-10-4-1-2-6-11(10)12/h1-7H,8-9,14H2. The predicted octanol–water partition coefficient (Wildman–Crippen LogP) is 1.96. The zero-order valence-corrected chi connectivity index (χ0v) is 8.85. The molecule has 3 nitrogen and oxygen atoms in total. The largest absolute Gasteiger partial charge is 0.461 e. The zero-order chi connectivity index (χ0) is 11.4. The molecule has 0 heterocycles. The molecule has 2 aromatic carbocycles. The lowest BCUT2D eigenvalue weighted by Crippen LogP contribution is -2.13. The van der Waals surface area contributed by atoms with Crippen LogP contribution in [0.3, 0.4) is 0 Å². The number of hydrogen-bond acceptors (Lipinski definition) is 3. The van der Waals surface area contributed by atoms with E-state index in [-0.39, 0.29) is 12.6 Å². The number of esters is 1. The molecule has 0 radical (unpaired) electrons. The van der Waals surface area contributed by atoms with Gasteiger partial charge >= 0.3 is 5.97 Å². The third-order valence-electron chi connectivity index (χ3n) is 2.36. The van der Waals surface area contributed by atoms with Crippen LogP contribution in [0.1, 0.15) is 10.4 Å². The molecule has 82 valence electrons. The van der Waals surface area contributed by atoms with Gasteiger partial charge in [0.1, 0.15) is 6.61 Å². The highest BCUT2D eigenvalue weighted by atomic mass is 16.5. The van der Waals surface area contributed by atoms with Crippen LogP contribution < -0.4 is 5.73 Å². The Morgan fingerprint density at radius 2 is 1.88 bits per heavy atom. The van der Waals surface area contributed by atoms with E-state index in [1.807, 2.05) is 36.4 Å². The average Bonchev–Trinajstić information content (AvgIpc) is 2.35. The Morgan fingerprint density at radius 1 is 1.12 bits per heavy atom. The smallest absolute Gasteiger partial charge is 0.338 e. The Bertz CT molecular complexity index is 503. The predicted molar refractivity (Wildman–Crippen MR) is 63.3 cm³/mol. The number of benzene rings is 2. The highest BCUT2D eigenvalue weighted by molar-refractivity contribution is 6.04. The first-order valence-electron chi connectivity index (χ1n) is 5.18. The second-order valence-corrected chi connectivity index (χ2v) is 3.45. The van der Waals surface area contributed by atoms with Crippen molar-refractivity contribution in [2.24, 2.45) is 5.73 Å². The second-order valence-electron chi connectivity index (χ2n) is 3.45. The Kier molecular flexibility index (Phi) is 3.17. The van der Waals surface area contributed by atoms with Crippen molar-refractivity contribution in [2.75, 3.05) is 13.2 Å². The second kappa shape index (κ2) is 4.77. The molecule has 16 heavy (non-hydrogen) atoms. The minimum atomic E-state index is -0.317. The summed E-state index contributed by atoms with van der Waals surface area (Å²) in [5.41, 5.74) is 5.88. The monoisotopic (exact) mass is 215 g/mol. The van der Waals surface area contributed by atoms with Crippen LogP contribution in [0.4, 0.5) is 0 Å². The van der Waals surface area contributed by atoms with E-state index in [4.69, 9.17) is 10.5 Å². The first kappa shape index (κ1) is 10.6. The lowest BCUT2D eigenvalue weighted by atomic mass is 10.1. The van der Waals surface area contributed by atoms with Gasteiger partial charge in [-0.2, -0.15) is 0 Å². The summed E-state index contributed by atoms with van der Waals surface area (Å²) in [6.45, 7) is 0.596. The summed E-state index contributed by atoms with van der Waals surface area (Å²) in [7, 11) is 0. The molecule has 2 N–H and O–H groups in total. The molecule has 0 spiro atoms. The maximum atomic E-state index is 11.7. The first-order chi connectivity index (χ1) is 7.83. The number of hydrogen-bond donors (Lipinski definition) is 1. The Hall–Kier alpha value is -1.87. The third kappa shape index (κ3) is 2.04. The van der Waals surface area contributed by atoms with Gasteiger partial charge in [0.05, 0.1) is 5.56 Å². The normalized spacial score (nSPS) is 10.3. The van der Waals surface area contributed by atoms with Crippen molar-refractivity contribution in [1.82, 2.24) is 0 Å². The molecule has 2 rings (SSSR count). The fourth-order valence-electron chi connectivity index (χ4n) is 1.63. The minimum Gasteiger partial charge on any atom is -0.461 e. The summed E-state index contributed by atoms with van der Waals surface area (Å²) in [4.78, 5) is 11.7. The van der Waals surface area contributed by atoms with Gasteiger partial charge < -0.3 is 10.5 Å². The van der Waals surface area contributed by atoms with Gasteiger partial charge in [0.25, 0.3) is 0 Å². The Labute approximate surface area is 93.8 Å². The lowest BCUT2D eigenvalue weighted by molar-refractivity contribution is 0.0519. The topological polar surface area (TPSA) is 52.3 Å². The maximum absolute atomic E-state index is 11.7. The molecule has 0 aromatic heterocycles. The molecular weight excluding hydrogens is 202 g/mol. The zero-order valence-electron chi connectivity index (χ0n) is 8.85. The fraction of sp³-hybridized carbons (Fsp3) is 0.154. The van der Waals surface area contributed by atoms with Crippen LogP contribution in [-0.4, -0.2) is 19.1 Å². The molecule has 0 saturated carbocycles. The van der Waals surface area contributed by atoms with Crippen LogP contribution in [0.5, 0.6) is 0 Å². The average molecular weight is 215 g/mol. The highest BCUT2D eigenvalue weighted by Crippen LogP contribution is 2.18. The van der Waals surface area contributed by atoms with E-state index in [9.17, 15) is 4.79 Å². The number of fused-ring (bicyclic) bond motifs is 1. The van der Waals surface area contributed by atoms with E-state index in [0.717, 1.165) is 10.8 Å². The van der Waals surface area contributed by atoms with Gasteiger partial charge in [0, 0.05) is 6.54 Å². The quantitative estimate of drug-likeness (QED) is 0.796. The lowest BCUT2D eigenvalue weighted by Gasteiger charge is -2.06. The summed E-state index contributed by atoms with van der Waals surface area (Å²) in [6, 6.07) is 13.3. The van der Waals surface area contributed by atoms with Crippen LogP contribution in [0.2, 0.25) is 0 Å². The molecular formula is C13H13NO2. The van der Waals surface area contributed by atoms with Gasteiger partial charge in [0.2, 0.25) is 0 Å². The summed E-state index contributed by atoms with van der Waals surface area (Å²) >= 11 is 0. The van der Waals surface area contributed by atoms with Crippen molar-refractivity contribution in [3.05, 3.63) is 48.0 Å². The van der Waals surface area contributed by atoms with E-state index < -0.39 is 0 Å². The molecule has 0 aliphatic heterocycles.